The molecule has 1 heterocycles. The first kappa shape index (κ1) is 14.2. The molecular formula is C10H18BNO3. The monoisotopic (exact) mass is 211 g/mol. The van der Waals surface area contributed by atoms with Gasteiger partial charge in [-0.2, -0.15) is 0 Å². The van der Waals surface area contributed by atoms with Crippen molar-refractivity contribution in [2.75, 3.05) is 0 Å². The fraction of sp³-hybridized carbons (Fsp3) is 0.700. The molecule has 0 spiro atoms. The lowest BCUT2D eigenvalue weighted by Gasteiger charge is -2.31. The SMILES string of the molecule is CC(C)(O)C(C)(C)O.[B]c1cnc(C)o1. The van der Waals surface area contributed by atoms with Gasteiger partial charge in [0.05, 0.1) is 23.1 Å². The van der Waals surface area contributed by atoms with Crippen LogP contribution in [0.5, 0.6) is 0 Å². The van der Waals surface area contributed by atoms with Crippen LogP contribution in [0.2, 0.25) is 0 Å². The number of hydrogen-bond donors (Lipinski definition) is 2. The van der Waals surface area contributed by atoms with Gasteiger partial charge in [0.1, 0.15) is 0 Å². The van der Waals surface area contributed by atoms with E-state index < -0.39 is 11.2 Å². The molecule has 1 rings (SSSR count). The third-order valence-corrected chi connectivity index (χ3v) is 2.14. The zero-order chi connectivity index (χ0) is 12.3. The summed E-state index contributed by atoms with van der Waals surface area (Å²) >= 11 is 0. The molecule has 2 N–H and O–H groups in total. The van der Waals surface area contributed by atoms with Crippen LogP contribution in [0.15, 0.2) is 10.6 Å². The highest BCUT2D eigenvalue weighted by Gasteiger charge is 2.31. The molecule has 1 aromatic rings. The molecular weight excluding hydrogens is 193 g/mol. The molecule has 2 radical (unpaired) electrons. The minimum absolute atomic E-state index is 0.373. The van der Waals surface area contributed by atoms with Crippen LogP contribution in [-0.4, -0.2) is 34.2 Å². The maximum atomic E-state index is 9.10. The minimum atomic E-state index is -1.01. The summed E-state index contributed by atoms with van der Waals surface area (Å²) in [5.41, 5.74) is -1.64. The Hall–Kier alpha value is -0.805. The van der Waals surface area contributed by atoms with Crippen molar-refractivity contribution in [3.8, 4) is 0 Å². The maximum Gasteiger partial charge on any atom is 0.189 e. The molecule has 84 valence electrons. The highest BCUT2D eigenvalue weighted by atomic mass is 16.4. The number of oxazole rings is 1. The van der Waals surface area contributed by atoms with Crippen LogP contribution in [0.1, 0.15) is 33.6 Å². The summed E-state index contributed by atoms with van der Waals surface area (Å²) in [5, 5.41) is 18.2. The third kappa shape index (κ3) is 5.59. The number of aromatic nitrogens is 1. The molecule has 0 atom stereocenters. The van der Waals surface area contributed by atoms with E-state index in [9.17, 15) is 0 Å². The Morgan fingerprint density at radius 1 is 1.20 bits per heavy atom. The number of aliphatic hydroxyl groups is 2. The van der Waals surface area contributed by atoms with Gasteiger partial charge in [0, 0.05) is 6.92 Å². The van der Waals surface area contributed by atoms with Gasteiger partial charge in [-0.25, -0.2) is 4.98 Å². The lowest BCUT2D eigenvalue weighted by atomic mass is 9.90. The van der Waals surface area contributed by atoms with E-state index in [1.807, 2.05) is 0 Å². The second kappa shape index (κ2) is 4.81. The van der Waals surface area contributed by atoms with Crippen molar-refractivity contribution in [3.05, 3.63) is 12.1 Å². The number of hydrogen-bond acceptors (Lipinski definition) is 4. The van der Waals surface area contributed by atoms with Crippen LogP contribution in [0, 0.1) is 6.92 Å². The Kier molecular flexibility index (Phi) is 4.55. The van der Waals surface area contributed by atoms with Gasteiger partial charge in [-0.3, -0.25) is 0 Å². The third-order valence-electron chi connectivity index (χ3n) is 2.14. The average molecular weight is 211 g/mol. The van der Waals surface area contributed by atoms with Gasteiger partial charge >= 0.3 is 0 Å². The van der Waals surface area contributed by atoms with Gasteiger partial charge in [0.2, 0.25) is 0 Å². The van der Waals surface area contributed by atoms with Gasteiger partial charge < -0.3 is 14.6 Å². The van der Waals surface area contributed by atoms with Crippen LogP contribution in [-0.2, 0) is 0 Å². The Labute approximate surface area is 91.7 Å². The van der Waals surface area contributed by atoms with Crippen LogP contribution in [0.3, 0.4) is 0 Å². The molecule has 0 fully saturated rings. The molecule has 0 unspecified atom stereocenters. The van der Waals surface area contributed by atoms with E-state index in [1.54, 1.807) is 34.6 Å². The van der Waals surface area contributed by atoms with E-state index >= 15 is 0 Å². The standard InChI is InChI=1S/C6H14O2.C4H4BNO/c1-5(2,7)6(3,4)8;1-3-6-2-4(5)7-3/h7-8H,1-4H3;2H,1H3. The zero-order valence-corrected chi connectivity index (χ0v) is 9.90. The van der Waals surface area contributed by atoms with Gasteiger partial charge in [-0.1, -0.05) is 0 Å². The van der Waals surface area contributed by atoms with Crippen LogP contribution in [0.4, 0.5) is 0 Å². The Morgan fingerprint density at radius 3 is 1.67 bits per heavy atom. The van der Waals surface area contributed by atoms with Crippen LogP contribution >= 0.6 is 0 Å². The normalized spacial score (nSPS) is 11.9. The quantitative estimate of drug-likeness (QED) is 0.656. The van der Waals surface area contributed by atoms with Crippen molar-refractivity contribution < 1.29 is 14.6 Å². The fourth-order valence-corrected chi connectivity index (χ4v) is 0.378. The van der Waals surface area contributed by atoms with Crippen molar-refractivity contribution in [2.24, 2.45) is 0 Å². The summed E-state index contributed by atoms with van der Waals surface area (Å²) in [6.45, 7) is 8.05. The van der Waals surface area contributed by atoms with Crippen molar-refractivity contribution in [1.29, 1.82) is 0 Å². The molecule has 5 heteroatoms. The molecule has 0 amide bonds. The first-order valence-electron chi connectivity index (χ1n) is 4.66. The molecule has 4 nitrogen and oxygen atoms in total. The van der Waals surface area contributed by atoms with Crippen molar-refractivity contribution in [2.45, 2.75) is 45.8 Å². The zero-order valence-electron chi connectivity index (χ0n) is 9.90. The van der Waals surface area contributed by atoms with E-state index in [0.29, 0.717) is 11.6 Å². The largest absolute Gasteiger partial charge is 0.458 e. The van der Waals surface area contributed by atoms with Gasteiger partial charge in [0.15, 0.2) is 13.7 Å². The Bertz CT molecular complexity index is 268. The predicted molar refractivity (Wildman–Crippen MR) is 59.2 cm³/mol. The van der Waals surface area contributed by atoms with Crippen molar-refractivity contribution in [3.63, 3.8) is 0 Å². The summed E-state index contributed by atoms with van der Waals surface area (Å²) in [4.78, 5) is 3.72. The highest BCUT2D eigenvalue weighted by Crippen LogP contribution is 2.19. The van der Waals surface area contributed by atoms with Gasteiger partial charge in [0.25, 0.3) is 0 Å². The second-order valence-electron chi connectivity index (χ2n) is 4.40. The van der Waals surface area contributed by atoms with E-state index in [2.05, 4.69) is 4.98 Å². The number of nitrogens with zero attached hydrogens (tertiary/aromatic N) is 1. The topological polar surface area (TPSA) is 66.5 Å². The second-order valence-corrected chi connectivity index (χ2v) is 4.40. The first-order valence-corrected chi connectivity index (χ1v) is 4.66. The lowest BCUT2D eigenvalue weighted by Crippen LogP contribution is -2.44. The Balaban J connectivity index is 0.000000262. The molecule has 1 aromatic heterocycles. The summed E-state index contributed by atoms with van der Waals surface area (Å²) in [7, 11) is 5.15. The maximum absolute atomic E-state index is 9.10. The average Bonchev–Trinajstić information content (AvgIpc) is 2.31. The highest BCUT2D eigenvalue weighted by molar-refractivity contribution is 6.29. The molecule has 15 heavy (non-hydrogen) atoms. The molecule has 0 aliphatic carbocycles. The molecule has 0 aromatic carbocycles. The lowest BCUT2D eigenvalue weighted by molar-refractivity contribution is -0.107. The molecule has 0 aliphatic heterocycles. The van der Waals surface area contributed by atoms with Crippen LogP contribution < -0.4 is 5.66 Å². The number of aryl methyl sites for hydroxylation is 1. The van der Waals surface area contributed by atoms with Crippen molar-refractivity contribution >= 4 is 13.5 Å². The summed E-state index contributed by atoms with van der Waals surface area (Å²) in [5.74, 6) is 0.609. The van der Waals surface area contributed by atoms with Crippen LogP contribution in [0.25, 0.3) is 0 Å². The van der Waals surface area contributed by atoms with E-state index in [-0.39, 0.29) is 0 Å². The van der Waals surface area contributed by atoms with E-state index in [4.69, 9.17) is 22.5 Å². The van der Waals surface area contributed by atoms with Gasteiger partial charge in [-0.05, 0) is 27.7 Å². The number of rotatable bonds is 1. The molecule has 0 aliphatic rings. The molecule has 0 saturated carbocycles. The summed E-state index contributed by atoms with van der Waals surface area (Å²) in [6.07, 6.45) is 1.48. The van der Waals surface area contributed by atoms with E-state index in [0.717, 1.165) is 0 Å². The Morgan fingerprint density at radius 2 is 1.60 bits per heavy atom. The summed E-state index contributed by atoms with van der Waals surface area (Å²) in [6, 6.07) is 0. The smallest absolute Gasteiger partial charge is 0.189 e. The minimum Gasteiger partial charge on any atom is -0.458 e. The molecule has 0 saturated heterocycles. The molecule has 0 bridgehead atoms. The van der Waals surface area contributed by atoms with Gasteiger partial charge in [-0.15, -0.1) is 0 Å². The summed E-state index contributed by atoms with van der Waals surface area (Å²) < 4.78 is 4.75. The fourth-order valence-electron chi connectivity index (χ4n) is 0.378. The van der Waals surface area contributed by atoms with Crippen molar-refractivity contribution in [1.82, 2.24) is 4.98 Å². The van der Waals surface area contributed by atoms with E-state index in [1.165, 1.54) is 6.20 Å². The predicted octanol–water partition coefficient (Wildman–Crippen LogP) is 0.305. The first-order chi connectivity index (χ1) is 6.54.